The van der Waals surface area contributed by atoms with E-state index in [-0.39, 0.29) is 5.15 Å². The molecule has 0 atom stereocenters. The van der Waals surface area contributed by atoms with E-state index < -0.39 is 0 Å². The maximum atomic E-state index is 8.91. The average molecular weight is 229 g/mol. The smallest absolute Gasteiger partial charge is 0.148 e. The maximum Gasteiger partial charge on any atom is 0.148 e. The van der Waals surface area contributed by atoms with Crippen molar-refractivity contribution in [2.75, 3.05) is 6.61 Å². The quantitative estimate of drug-likeness (QED) is 0.641. The van der Waals surface area contributed by atoms with Crippen LogP contribution in [0, 0.1) is 11.3 Å². The molecule has 1 aromatic heterocycles. The summed E-state index contributed by atoms with van der Waals surface area (Å²) in [5.74, 6) is 0. The van der Waals surface area contributed by atoms with Gasteiger partial charge in [-0.3, -0.25) is 0 Å². The van der Waals surface area contributed by atoms with Crippen LogP contribution in [-0.4, -0.2) is 11.6 Å². The van der Waals surface area contributed by atoms with E-state index in [0.717, 1.165) is 11.1 Å². The van der Waals surface area contributed by atoms with Gasteiger partial charge in [-0.25, -0.2) is 4.98 Å². The fraction of sp³-hybridized carbons (Fsp3) is 0.333. The molecule has 0 radical (unpaired) electrons. The van der Waals surface area contributed by atoms with Crippen molar-refractivity contribution in [1.29, 1.82) is 5.26 Å². The zero-order valence-corrected chi connectivity index (χ0v) is 8.69. The van der Waals surface area contributed by atoms with Gasteiger partial charge in [0.25, 0.3) is 0 Å². The lowest BCUT2D eigenvalue weighted by molar-refractivity contribution is 0.110. The molecule has 1 aliphatic heterocycles. The van der Waals surface area contributed by atoms with Crippen molar-refractivity contribution in [1.82, 2.24) is 4.98 Å². The van der Waals surface area contributed by atoms with Gasteiger partial charge in [0.1, 0.15) is 16.4 Å². The van der Waals surface area contributed by atoms with Crippen LogP contribution in [0.2, 0.25) is 10.3 Å². The third kappa shape index (κ3) is 1.46. The first-order valence-corrected chi connectivity index (χ1v) is 4.84. The highest BCUT2D eigenvalue weighted by Gasteiger charge is 2.20. The number of aromatic nitrogens is 1. The summed E-state index contributed by atoms with van der Waals surface area (Å²) >= 11 is 11.7. The molecular weight excluding hydrogens is 223 g/mol. The van der Waals surface area contributed by atoms with Crippen molar-refractivity contribution in [2.24, 2.45) is 0 Å². The zero-order chi connectivity index (χ0) is 10.1. The predicted molar refractivity (Wildman–Crippen MR) is 52.3 cm³/mol. The molecule has 0 fully saturated rings. The zero-order valence-electron chi connectivity index (χ0n) is 7.18. The van der Waals surface area contributed by atoms with Crippen molar-refractivity contribution >= 4 is 23.2 Å². The van der Waals surface area contributed by atoms with E-state index in [1.165, 1.54) is 0 Å². The Morgan fingerprint density at radius 2 is 2.07 bits per heavy atom. The van der Waals surface area contributed by atoms with Crippen LogP contribution in [0.25, 0.3) is 0 Å². The first kappa shape index (κ1) is 9.72. The van der Waals surface area contributed by atoms with E-state index in [9.17, 15) is 0 Å². The van der Waals surface area contributed by atoms with Crippen molar-refractivity contribution < 1.29 is 4.74 Å². The number of nitrogens with zero attached hydrogens (tertiary/aromatic N) is 2. The Labute approximate surface area is 91.2 Å². The lowest BCUT2D eigenvalue weighted by Crippen LogP contribution is -2.13. The van der Waals surface area contributed by atoms with Crippen LogP contribution in [0.3, 0.4) is 0 Å². The minimum Gasteiger partial charge on any atom is -0.376 e. The summed E-state index contributed by atoms with van der Waals surface area (Å²) in [6.45, 7) is 1.01. The molecule has 2 heterocycles. The molecule has 0 bridgehead atoms. The highest BCUT2D eigenvalue weighted by atomic mass is 35.5. The molecule has 1 aliphatic rings. The number of hydrogen-bond acceptors (Lipinski definition) is 3. The van der Waals surface area contributed by atoms with E-state index in [1.807, 2.05) is 6.07 Å². The summed E-state index contributed by atoms with van der Waals surface area (Å²) in [6, 6.07) is 2.04. The molecule has 0 aliphatic carbocycles. The first-order chi connectivity index (χ1) is 6.74. The molecule has 5 heteroatoms. The lowest BCUT2D eigenvalue weighted by Gasteiger charge is -2.18. The Kier molecular flexibility index (Phi) is 2.60. The third-order valence-electron chi connectivity index (χ3n) is 2.17. The molecule has 0 saturated heterocycles. The number of rotatable bonds is 0. The number of ether oxygens (including phenoxy) is 1. The number of fused-ring (bicyclic) bond motifs is 1. The van der Waals surface area contributed by atoms with Gasteiger partial charge in [-0.2, -0.15) is 5.26 Å². The summed E-state index contributed by atoms with van der Waals surface area (Å²) < 4.78 is 5.24. The molecule has 3 nitrogen and oxygen atoms in total. The topological polar surface area (TPSA) is 45.9 Å². The van der Waals surface area contributed by atoms with Gasteiger partial charge in [0, 0.05) is 5.56 Å². The second-order valence-corrected chi connectivity index (χ2v) is 3.66. The van der Waals surface area contributed by atoms with Gasteiger partial charge in [-0.1, -0.05) is 23.2 Å². The highest BCUT2D eigenvalue weighted by molar-refractivity contribution is 6.33. The van der Waals surface area contributed by atoms with Crippen LogP contribution < -0.4 is 0 Å². The van der Waals surface area contributed by atoms with Crippen LogP contribution in [0.4, 0.5) is 0 Å². The van der Waals surface area contributed by atoms with Gasteiger partial charge >= 0.3 is 0 Å². The number of hydrogen-bond donors (Lipinski definition) is 0. The summed E-state index contributed by atoms with van der Waals surface area (Å²) in [5, 5.41) is 9.42. The Balaban J connectivity index is 2.69. The third-order valence-corrected chi connectivity index (χ3v) is 2.76. The lowest BCUT2D eigenvalue weighted by atomic mass is 10.0. The van der Waals surface area contributed by atoms with Gasteiger partial charge in [-0.05, 0) is 12.0 Å². The summed E-state index contributed by atoms with van der Waals surface area (Å²) in [6.07, 6.45) is 0.667. The largest absolute Gasteiger partial charge is 0.376 e. The minimum absolute atomic E-state index is 0.179. The Bertz CT molecular complexity index is 426. The van der Waals surface area contributed by atoms with Crippen LogP contribution in [0.5, 0.6) is 0 Å². The molecule has 0 spiro atoms. The fourth-order valence-electron chi connectivity index (χ4n) is 1.49. The molecule has 0 aromatic carbocycles. The van der Waals surface area contributed by atoms with Crippen molar-refractivity contribution in [3.05, 3.63) is 27.0 Å². The number of nitriles is 1. The van der Waals surface area contributed by atoms with Crippen LogP contribution >= 0.6 is 23.2 Å². The van der Waals surface area contributed by atoms with E-state index in [0.29, 0.717) is 30.4 Å². The maximum absolute atomic E-state index is 8.91. The van der Waals surface area contributed by atoms with E-state index >= 15 is 0 Å². The molecule has 1 aromatic rings. The van der Waals surface area contributed by atoms with Crippen molar-refractivity contribution in [2.45, 2.75) is 13.0 Å². The first-order valence-electron chi connectivity index (χ1n) is 4.08. The normalized spacial score (nSPS) is 14.6. The molecule has 0 saturated carbocycles. The predicted octanol–water partition coefficient (Wildman–Crippen LogP) is 2.33. The molecule has 72 valence electrons. The summed E-state index contributed by atoms with van der Waals surface area (Å²) in [5.41, 5.74) is 2.09. The minimum atomic E-state index is 0.179. The molecule has 0 amide bonds. The molecule has 2 rings (SSSR count). The molecule has 0 unspecified atom stereocenters. The van der Waals surface area contributed by atoms with Gasteiger partial charge in [0.2, 0.25) is 0 Å². The second kappa shape index (κ2) is 3.74. The molecular formula is C9H6Cl2N2O. The summed E-state index contributed by atoms with van der Waals surface area (Å²) in [7, 11) is 0. The van der Waals surface area contributed by atoms with E-state index in [4.69, 9.17) is 33.2 Å². The van der Waals surface area contributed by atoms with Crippen LogP contribution in [-0.2, 0) is 17.8 Å². The van der Waals surface area contributed by atoms with Crippen molar-refractivity contribution in [3.8, 4) is 6.07 Å². The van der Waals surface area contributed by atoms with Gasteiger partial charge in [-0.15, -0.1) is 0 Å². The average Bonchev–Trinajstić information content (AvgIpc) is 2.18. The number of halogens is 2. The highest BCUT2D eigenvalue weighted by Crippen LogP contribution is 2.29. The summed E-state index contributed by atoms with van der Waals surface area (Å²) in [4.78, 5) is 3.89. The number of pyridine rings is 1. The monoisotopic (exact) mass is 228 g/mol. The van der Waals surface area contributed by atoms with Crippen LogP contribution in [0.1, 0.15) is 16.7 Å². The Morgan fingerprint density at radius 3 is 2.79 bits per heavy atom. The van der Waals surface area contributed by atoms with Gasteiger partial charge in [0.15, 0.2) is 0 Å². The standard InChI is InChI=1S/C9H6Cl2N2O/c10-8-6(3-12)5-1-2-14-4-7(5)9(11)13-8/h1-2,4H2. The van der Waals surface area contributed by atoms with Gasteiger partial charge < -0.3 is 4.74 Å². The van der Waals surface area contributed by atoms with Crippen LogP contribution in [0.15, 0.2) is 0 Å². The SMILES string of the molecule is N#Cc1c(Cl)nc(Cl)c2c1CCOC2. The molecule has 0 N–H and O–H groups in total. The Morgan fingerprint density at radius 1 is 1.29 bits per heavy atom. The second-order valence-electron chi connectivity index (χ2n) is 2.94. The van der Waals surface area contributed by atoms with E-state index in [2.05, 4.69) is 4.98 Å². The fourth-order valence-corrected chi connectivity index (χ4v) is 2.03. The molecule has 14 heavy (non-hydrogen) atoms. The Hall–Kier alpha value is -0.820. The van der Waals surface area contributed by atoms with Crippen molar-refractivity contribution in [3.63, 3.8) is 0 Å². The van der Waals surface area contributed by atoms with Gasteiger partial charge in [0.05, 0.1) is 18.8 Å². The van der Waals surface area contributed by atoms with E-state index in [1.54, 1.807) is 0 Å².